The summed E-state index contributed by atoms with van der Waals surface area (Å²) >= 11 is 0. The van der Waals surface area contributed by atoms with Gasteiger partial charge in [0.05, 0.1) is 5.56 Å². The van der Waals surface area contributed by atoms with Crippen LogP contribution < -0.4 is 10.6 Å². The summed E-state index contributed by atoms with van der Waals surface area (Å²) in [5, 5.41) is 0. The number of pyridine rings is 1. The fourth-order valence-electron chi connectivity index (χ4n) is 1.59. The van der Waals surface area contributed by atoms with E-state index in [4.69, 9.17) is 5.73 Å². The largest absolute Gasteiger partial charge is 0.433 e. The van der Waals surface area contributed by atoms with Crippen LogP contribution in [0.25, 0.3) is 0 Å². The summed E-state index contributed by atoms with van der Waals surface area (Å²) < 4.78 is 37.9. The third-order valence-corrected chi connectivity index (χ3v) is 2.64. The van der Waals surface area contributed by atoms with E-state index in [-0.39, 0.29) is 11.4 Å². The summed E-state index contributed by atoms with van der Waals surface area (Å²) in [5.41, 5.74) is 4.11. The summed E-state index contributed by atoms with van der Waals surface area (Å²) in [6.45, 7) is 2.47. The van der Waals surface area contributed by atoms with Gasteiger partial charge in [-0.15, -0.1) is 0 Å². The van der Waals surface area contributed by atoms with E-state index in [1.54, 1.807) is 7.05 Å². The van der Waals surface area contributed by atoms with Crippen LogP contribution in [0.1, 0.15) is 35.8 Å². The van der Waals surface area contributed by atoms with Crippen molar-refractivity contribution in [3.63, 3.8) is 0 Å². The van der Waals surface area contributed by atoms with Gasteiger partial charge in [-0.05, 0) is 18.6 Å². The molecular weight excluding hydrogens is 259 g/mol. The van der Waals surface area contributed by atoms with Crippen molar-refractivity contribution in [3.8, 4) is 0 Å². The number of nitrogens with two attached hydrogens (primary N) is 1. The van der Waals surface area contributed by atoms with Crippen molar-refractivity contribution in [2.45, 2.75) is 25.9 Å². The van der Waals surface area contributed by atoms with Crippen LogP contribution in [0.5, 0.6) is 0 Å². The molecule has 2 N–H and O–H groups in total. The number of carbonyl (C=O) groups is 1. The average Bonchev–Trinajstić information content (AvgIpc) is 2.33. The predicted molar refractivity (Wildman–Crippen MR) is 65.9 cm³/mol. The molecule has 1 rings (SSSR count). The zero-order valence-electron chi connectivity index (χ0n) is 10.8. The lowest BCUT2D eigenvalue weighted by atomic mass is 10.2. The first-order chi connectivity index (χ1) is 8.77. The third kappa shape index (κ3) is 3.84. The SMILES string of the molecule is CCCCN(C)c1nc(C(F)(F)F)ccc1C(N)=O. The van der Waals surface area contributed by atoms with Crippen molar-refractivity contribution in [2.24, 2.45) is 5.73 Å². The maximum atomic E-state index is 12.6. The van der Waals surface area contributed by atoms with Gasteiger partial charge >= 0.3 is 6.18 Å². The molecule has 0 unspecified atom stereocenters. The fraction of sp³-hybridized carbons (Fsp3) is 0.500. The minimum absolute atomic E-state index is 0.00777. The Labute approximate surface area is 109 Å². The lowest BCUT2D eigenvalue weighted by molar-refractivity contribution is -0.141. The van der Waals surface area contributed by atoms with Crippen LogP contribution in [0, 0.1) is 0 Å². The Morgan fingerprint density at radius 1 is 1.42 bits per heavy atom. The third-order valence-electron chi connectivity index (χ3n) is 2.64. The number of hydrogen-bond donors (Lipinski definition) is 1. The van der Waals surface area contributed by atoms with E-state index in [0.29, 0.717) is 6.54 Å². The molecule has 0 spiro atoms. The molecule has 0 saturated carbocycles. The van der Waals surface area contributed by atoms with Gasteiger partial charge < -0.3 is 10.6 Å². The molecular formula is C12H16F3N3O. The summed E-state index contributed by atoms with van der Waals surface area (Å²) in [4.78, 5) is 16.3. The lowest BCUT2D eigenvalue weighted by Gasteiger charge is -2.21. The van der Waals surface area contributed by atoms with Gasteiger partial charge in [-0.2, -0.15) is 13.2 Å². The molecule has 0 atom stereocenters. The van der Waals surface area contributed by atoms with Crippen molar-refractivity contribution < 1.29 is 18.0 Å². The molecule has 106 valence electrons. The monoisotopic (exact) mass is 275 g/mol. The standard InChI is InChI=1S/C12H16F3N3O/c1-3-4-7-18(2)11-8(10(16)19)5-6-9(17-11)12(13,14)15/h5-6H,3-4,7H2,1-2H3,(H2,16,19). The van der Waals surface area contributed by atoms with E-state index in [0.717, 1.165) is 25.0 Å². The second-order valence-electron chi connectivity index (χ2n) is 4.20. The van der Waals surface area contributed by atoms with E-state index in [9.17, 15) is 18.0 Å². The van der Waals surface area contributed by atoms with Crippen molar-refractivity contribution >= 4 is 11.7 Å². The molecule has 19 heavy (non-hydrogen) atoms. The molecule has 1 aromatic heterocycles. The lowest BCUT2D eigenvalue weighted by Crippen LogP contribution is -2.26. The molecule has 0 saturated heterocycles. The number of carbonyl (C=O) groups excluding carboxylic acids is 1. The first kappa shape index (κ1) is 15.3. The number of anilines is 1. The Balaban J connectivity index is 3.19. The van der Waals surface area contributed by atoms with E-state index < -0.39 is 17.8 Å². The Kier molecular flexibility index (Phi) is 4.74. The van der Waals surface area contributed by atoms with Crippen molar-refractivity contribution in [1.82, 2.24) is 4.98 Å². The molecule has 0 fully saturated rings. The zero-order chi connectivity index (χ0) is 14.6. The van der Waals surface area contributed by atoms with Crippen molar-refractivity contribution in [1.29, 1.82) is 0 Å². The molecule has 0 bridgehead atoms. The van der Waals surface area contributed by atoms with E-state index >= 15 is 0 Å². The van der Waals surface area contributed by atoms with E-state index in [1.807, 2.05) is 6.92 Å². The van der Waals surface area contributed by atoms with Crippen LogP contribution in [-0.4, -0.2) is 24.5 Å². The first-order valence-corrected chi connectivity index (χ1v) is 5.86. The molecule has 0 radical (unpaired) electrons. The number of aromatic nitrogens is 1. The Morgan fingerprint density at radius 2 is 2.05 bits per heavy atom. The van der Waals surface area contributed by atoms with Crippen LogP contribution in [0.15, 0.2) is 12.1 Å². The van der Waals surface area contributed by atoms with Gasteiger partial charge in [0.25, 0.3) is 5.91 Å². The Morgan fingerprint density at radius 3 is 2.53 bits per heavy atom. The highest BCUT2D eigenvalue weighted by molar-refractivity contribution is 5.97. The van der Waals surface area contributed by atoms with Crippen LogP contribution in [-0.2, 0) is 6.18 Å². The number of rotatable bonds is 5. The van der Waals surface area contributed by atoms with Gasteiger partial charge in [-0.3, -0.25) is 4.79 Å². The molecule has 0 aliphatic rings. The van der Waals surface area contributed by atoms with E-state index in [1.165, 1.54) is 4.90 Å². The topological polar surface area (TPSA) is 59.2 Å². The maximum Gasteiger partial charge on any atom is 0.433 e. The fourth-order valence-corrected chi connectivity index (χ4v) is 1.59. The van der Waals surface area contributed by atoms with Crippen LogP contribution in [0.4, 0.5) is 19.0 Å². The van der Waals surface area contributed by atoms with Gasteiger partial charge in [0.2, 0.25) is 0 Å². The number of nitrogens with zero attached hydrogens (tertiary/aromatic N) is 2. The number of amides is 1. The Hall–Kier alpha value is -1.79. The molecule has 1 aromatic rings. The highest BCUT2D eigenvalue weighted by Crippen LogP contribution is 2.30. The molecule has 0 aliphatic carbocycles. The molecule has 1 heterocycles. The quantitative estimate of drug-likeness (QED) is 0.897. The van der Waals surface area contributed by atoms with Crippen LogP contribution in [0.3, 0.4) is 0 Å². The van der Waals surface area contributed by atoms with E-state index in [2.05, 4.69) is 4.98 Å². The number of hydrogen-bond acceptors (Lipinski definition) is 3. The van der Waals surface area contributed by atoms with Crippen molar-refractivity contribution in [2.75, 3.05) is 18.5 Å². The van der Waals surface area contributed by atoms with Gasteiger partial charge in [-0.25, -0.2) is 4.98 Å². The highest BCUT2D eigenvalue weighted by Gasteiger charge is 2.33. The number of primary amides is 1. The minimum atomic E-state index is -4.55. The summed E-state index contributed by atoms with van der Waals surface area (Å²) in [6.07, 6.45) is -2.88. The average molecular weight is 275 g/mol. The number of halogens is 3. The van der Waals surface area contributed by atoms with Gasteiger partial charge in [0, 0.05) is 13.6 Å². The number of alkyl halides is 3. The minimum Gasteiger partial charge on any atom is -0.365 e. The summed E-state index contributed by atoms with van der Waals surface area (Å²) in [7, 11) is 1.59. The van der Waals surface area contributed by atoms with Gasteiger partial charge in [-0.1, -0.05) is 13.3 Å². The summed E-state index contributed by atoms with van der Waals surface area (Å²) in [5.74, 6) is -0.824. The molecule has 0 aliphatic heterocycles. The summed E-state index contributed by atoms with van der Waals surface area (Å²) in [6, 6.07) is 1.83. The molecule has 1 amide bonds. The van der Waals surface area contributed by atoms with Crippen LogP contribution >= 0.6 is 0 Å². The van der Waals surface area contributed by atoms with Crippen molar-refractivity contribution in [3.05, 3.63) is 23.4 Å². The maximum absolute atomic E-state index is 12.6. The second-order valence-corrected chi connectivity index (χ2v) is 4.20. The molecule has 0 aromatic carbocycles. The number of unbranched alkanes of at least 4 members (excludes halogenated alkanes) is 1. The van der Waals surface area contributed by atoms with Gasteiger partial charge in [0.1, 0.15) is 11.5 Å². The molecule has 7 heteroatoms. The predicted octanol–water partition coefficient (Wildman–Crippen LogP) is 2.44. The normalized spacial score (nSPS) is 11.4. The smallest absolute Gasteiger partial charge is 0.365 e. The Bertz CT molecular complexity index is 460. The first-order valence-electron chi connectivity index (χ1n) is 5.86. The highest BCUT2D eigenvalue weighted by atomic mass is 19.4. The van der Waals surface area contributed by atoms with Crippen LogP contribution in [0.2, 0.25) is 0 Å². The van der Waals surface area contributed by atoms with Gasteiger partial charge in [0.15, 0.2) is 0 Å². The second kappa shape index (κ2) is 5.90. The molecule has 4 nitrogen and oxygen atoms in total. The zero-order valence-corrected chi connectivity index (χ0v) is 10.8.